The third-order valence-corrected chi connectivity index (χ3v) is 3.26. The first-order valence-corrected chi connectivity index (χ1v) is 6.77. The minimum atomic E-state index is 0.449. The highest BCUT2D eigenvalue weighted by molar-refractivity contribution is 9.10. The zero-order valence-electron chi connectivity index (χ0n) is 8.62. The molecule has 0 bridgehead atoms. The van der Waals surface area contributed by atoms with Gasteiger partial charge in [-0.2, -0.15) is 0 Å². The van der Waals surface area contributed by atoms with E-state index in [0.29, 0.717) is 11.7 Å². The van der Waals surface area contributed by atoms with E-state index in [9.17, 15) is 0 Å². The molecule has 17 heavy (non-hydrogen) atoms. The van der Waals surface area contributed by atoms with E-state index in [1.54, 1.807) is 12.4 Å². The number of anilines is 1. The molecular formula is C11H8Br2ClN3. The number of rotatable bonds is 3. The molecule has 0 aromatic carbocycles. The van der Waals surface area contributed by atoms with Crippen LogP contribution in [0.4, 0.5) is 5.69 Å². The lowest BCUT2D eigenvalue weighted by Crippen LogP contribution is -2.02. The van der Waals surface area contributed by atoms with Crippen molar-refractivity contribution in [1.29, 1.82) is 0 Å². The fourth-order valence-corrected chi connectivity index (χ4v) is 1.98. The fourth-order valence-electron chi connectivity index (χ4n) is 1.24. The van der Waals surface area contributed by atoms with Gasteiger partial charge in [0.15, 0.2) is 5.15 Å². The van der Waals surface area contributed by atoms with Crippen molar-refractivity contribution in [2.75, 3.05) is 5.32 Å². The first-order chi connectivity index (χ1) is 8.15. The van der Waals surface area contributed by atoms with Crippen LogP contribution in [0, 0.1) is 0 Å². The van der Waals surface area contributed by atoms with E-state index in [1.165, 1.54) is 0 Å². The molecule has 0 aliphatic rings. The third kappa shape index (κ3) is 3.66. The molecule has 1 N–H and O–H groups in total. The molecule has 2 rings (SSSR count). The smallest absolute Gasteiger partial charge is 0.152 e. The molecule has 0 amide bonds. The molecular weight excluding hydrogens is 369 g/mol. The van der Waals surface area contributed by atoms with Gasteiger partial charge >= 0.3 is 0 Å². The number of aromatic nitrogens is 2. The molecule has 0 radical (unpaired) electrons. The summed E-state index contributed by atoms with van der Waals surface area (Å²) < 4.78 is 1.84. The molecule has 6 heteroatoms. The summed E-state index contributed by atoms with van der Waals surface area (Å²) in [5.41, 5.74) is 1.72. The molecule has 0 atom stereocenters. The Kier molecular flexibility index (Phi) is 4.36. The van der Waals surface area contributed by atoms with Crippen LogP contribution in [-0.2, 0) is 6.54 Å². The molecule has 0 aliphatic carbocycles. The summed E-state index contributed by atoms with van der Waals surface area (Å²) in [5.74, 6) is 0. The second kappa shape index (κ2) is 5.80. The van der Waals surface area contributed by atoms with Crippen molar-refractivity contribution < 1.29 is 0 Å². The van der Waals surface area contributed by atoms with Gasteiger partial charge in [-0.05, 0) is 50.1 Å². The highest BCUT2D eigenvalue weighted by Gasteiger charge is 2.02. The van der Waals surface area contributed by atoms with Crippen molar-refractivity contribution in [3.05, 3.63) is 50.4 Å². The number of nitrogens with one attached hydrogen (secondary N) is 1. The number of pyridine rings is 2. The molecule has 0 saturated carbocycles. The van der Waals surface area contributed by atoms with Gasteiger partial charge in [-0.3, -0.25) is 4.98 Å². The number of hydrogen-bond donors (Lipinski definition) is 1. The standard InChI is InChI=1S/C11H8Br2ClN3/c12-7-1-2-9(15-4-7)6-16-10-3-8(13)5-17-11(10)14/h1-5,16H,6H2. The average molecular weight is 377 g/mol. The second-order valence-electron chi connectivity index (χ2n) is 3.31. The van der Waals surface area contributed by atoms with Crippen molar-refractivity contribution in [3.8, 4) is 0 Å². The lowest BCUT2D eigenvalue weighted by molar-refractivity contribution is 1.04. The van der Waals surface area contributed by atoms with Gasteiger partial charge in [0.1, 0.15) is 0 Å². The molecule has 2 aromatic rings. The average Bonchev–Trinajstić information content (AvgIpc) is 2.32. The van der Waals surface area contributed by atoms with Gasteiger partial charge in [-0.1, -0.05) is 11.6 Å². The van der Waals surface area contributed by atoms with Crippen LogP contribution >= 0.6 is 43.5 Å². The van der Waals surface area contributed by atoms with Gasteiger partial charge in [0.25, 0.3) is 0 Å². The van der Waals surface area contributed by atoms with Crippen molar-refractivity contribution >= 4 is 49.1 Å². The molecule has 88 valence electrons. The topological polar surface area (TPSA) is 37.8 Å². The van der Waals surface area contributed by atoms with E-state index >= 15 is 0 Å². The molecule has 0 saturated heterocycles. The molecule has 2 heterocycles. The first-order valence-electron chi connectivity index (χ1n) is 4.80. The maximum atomic E-state index is 5.97. The van der Waals surface area contributed by atoms with Gasteiger partial charge in [0.2, 0.25) is 0 Å². The summed E-state index contributed by atoms with van der Waals surface area (Å²) in [5, 5.41) is 3.64. The molecule has 0 unspecified atom stereocenters. The highest BCUT2D eigenvalue weighted by Crippen LogP contribution is 2.23. The Labute approximate surface area is 121 Å². The summed E-state index contributed by atoms with van der Waals surface area (Å²) in [6.45, 7) is 0.602. The minimum absolute atomic E-state index is 0.449. The summed E-state index contributed by atoms with van der Waals surface area (Å²) in [6, 6.07) is 5.77. The van der Waals surface area contributed by atoms with Crippen LogP contribution in [0.3, 0.4) is 0 Å². The van der Waals surface area contributed by atoms with Gasteiger partial charge in [0.05, 0.1) is 17.9 Å². The van der Waals surface area contributed by atoms with Crippen molar-refractivity contribution in [2.45, 2.75) is 6.54 Å². The number of hydrogen-bond acceptors (Lipinski definition) is 3. The van der Waals surface area contributed by atoms with E-state index in [0.717, 1.165) is 20.3 Å². The van der Waals surface area contributed by atoms with Crippen LogP contribution in [0.5, 0.6) is 0 Å². The third-order valence-electron chi connectivity index (χ3n) is 2.05. The van der Waals surface area contributed by atoms with Gasteiger partial charge in [-0.15, -0.1) is 0 Å². The van der Waals surface area contributed by atoms with Crippen LogP contribution in [0.2, 0.25) is 5.15 Å². The molecule has 3 nitrogen and oxygen atoms in total. The Morgan fingerprint density at radius 1 is 1.12 bits per heavy atom. The van der Waals surface area contributed by atoms with Crippen molar-refractivity contribution in [3.63, 3.8) is 0 Å². The Morgan fingerprint density at radius 3 is 2.59 bits per heavy atom. The van der Waals surface area contributed by atoms with E-state index in [2.05, 4.69) is 47.1 Å². The van der Waals surface area contributed by atoms with Crippen LogP contribution in [0.15, 0.2) is 39.5 Å². The Morgan fingerprint density at radius 2 is 1.88 bits per heavy atom. The zero-order chi connectivity index (χ0) is 12.3. The van der Waals surface area contributed by atoms with Gasteiger partial charge in [0, 0.05) is 21.3 Å². The maximum Gasteiger partial charge on any atom is 0.152 e. The minimum Gasteiger partial charge on any atom is -0.377 e. The molecule has 0 aliphatic heterocycles. The van der Waals surface area contributed by atoms with Crippen LogP contribution in [0.25, 0.3) is 0 Å². The van der Waals surface area contributed by atoms with Crippen LogP contribution < -0.4 is 5.32 Å². The van der Waals surface area contributed by atoms with Crippen molar-refractivity contribution in [1.82, 2.24) is 9.97 Å². The molecule has 2 aromatic heterocycles. The van der Waals surface area contributed by atoms with Crippen molar-refractivity contribution in [2.24, 2.45) is 0 Å². The Hall–Kier alpha value is -0.650. The van der Waals surface area contributed by atoms with E-state index in [1.807, 2.05) is 18.2 Å². The number of halogens is 3. The largest absolute Gasteiger partial charge is 0.377 e. The summed E-state index contributed by atoms with van der Waals surface area (Å²) >= 11 is 12.7. The molecule has 0 spiro atoms. The lowest BCUT2D eigenvalue weighted by Gasteiger charge is -2.07. The monoisotopic (exact) mass is 375 g/mol. The summed E-state index contributed by atoms with van der Waals surface area (Å²) in [4.78, 5) is 8.29. The maximum absolute atomic E-state index is 5.97. The lowest BCUT2D eigenvalue weighted by atomic mass is 10.3. The second-order valence-corrected chi connectivity index (χ2v) is 5.50. The Balaban J connectivity index is 2.07. The first kappa shape index (κ1) is 12.8. The predicted molar refractivity (Wildman–Crippen MR) is 76.2 cm³/mol. The van der Waals surface area contributed by atoms with Crippen LogP contribution in [0.1, 0.15) is 5.69 Å². The van der Waals surface area contributed by atoms with Gasteiger partial charge in [-0.25, -0.2) is 4.98 Å². The van der Waals surface area contributed by atoms with Crippen LogP contribution in [-0.4, -0.2) is 9.97 Å². The molecule has 0 fully saturated rings. The zero-order valence-corrected chi connectivity index (χ0v) is 12.6. The Bertz CT molecular complexity index is 517. The number of nitrogens with zero attached hydrogens (tertiary/aromatic N) is 2. The highest BCUT2D eigenvalue weighted by atomic mass is 79.9. The quantitative estimate of drug-likeness (QED) is 0.812. The predicted octanol–water partition coefficient (Wildman–Crippen LogP) is 4.27. The van der Waals surface area contributed by atoms with Gasteiger partial charge < -0.3 is 5.32 Å². The normalized spacial score (nSPS) is 10.3. The fraction of sp³-hybridized carbons (Fsp3) is 0.0909. The van der Waals surface area contributed by atoms with E-state index in [4.69, 9.17) is 11.6 Å². The summed E-state index contributed by atoms with van der Waals surface area (Å²) in [6.07, 6.45) is 3.42. The summed E-state index contributed by atoms with van der Waals surface area (Å²) in [7, 11) is 0. The SMILES string of the molecule is Clc1ncc(Br)cc1NCc1ccc(Br)cn1. The van der Waals surface area contributed by atoms with E-state index in [-0.39, 0.29) is 0 Å². The van der Waals surface area contributed by atoms with E-state index < -0.39 is 0 Å².